The molecule has 114 valence electrons. The van der Waals surface area contributed by atoms with Crippen molar-refractivity contribution in [2.24, 2.45) is 5.92 Å². The molecule has 19 heavy (non-hydrogen) atoms. The molecule has 1 unspecified atom stereocenters. The van der Waals surface area contributed by atoms with Gasteiger partial charge < -0.3 is 15.0 Å². The molecule has 1 rings (SSSR count). The van der Waals surface area contributed by atoms with E-state index in [0.717, 1.165) is 12.5 Å². The van der Waals surface area contributed by atoms with Gasteiger partial charge in [0.2, 0.25) is 0 Å². The van der Waals surface area contributed by atoms with E-state index < -0.39 is 0 Å². The van der Waals surface area contributed by atoms with Crippen molar-refractivity contribution in [2.75, 3.05) is 27.7 Å². The Morgan fingerprint density at radius 2 is 1.68 bits per heavy atom. The molecule has 0 heterocycles. The van der Waals surface area contributed by atoms with Crippen molar-refractivity contribution in [1.29, 1.82) is 0 Å². The molecule has 0 aromatic carbocycles. The Morgan fingerprint density at radius 1 is 1.11 bits per heavy atom. The summed E-state index contributed by atoms with van der Waals surface area (Å²) < 4.78 is 5.44. The zero-order chi connectivity index (χ0) is 14.3. The third-order valence-corrected chi connectivity index (χ3v) is 4.88. The van der Waals surface area contributed by atoms with Crippen molar-refractivity contribution in [3.05, 3.63) is 0 Å². The average molecular weight is 270 g/mol. The Bertz CT molecular complexity index is 221. The van der Waals surface area contributed by atoms with Crippen molar-refractivity contribution >= 4 is 0 Å². The molecule has 0 aromatic heterocycles. The van der Waals surface area contributed by atoms with Crippen molar-refractivity contribution in [3.8, 4) is 0 Å². The minimum atomic E-state index is 0.502. The Morgan fingerprint density at radius 3 is 2.11 bits per heavy atom. The number of hydrogen-bond donors (Lipinski definition) is 1. The second-order valence-corrected chi connectivity index (χ2v) is 6.23. The first-order valence-corrected chi connectivity index (χ1v) is 8.04. The van der Waals surface area contributed by atoms with Crippen molar-refractivity contribution in [3.63, 3.8) is 0 Å². The van der Waals surface area contributed by atoms with Crippen LogP contribution in [0.25, 0.3) is 0 Å². The third-order valence-electron chi connectivity index (χ3n) is 4.88. The molecule has 0 saturated heterocycles. The number of nitrogens with one attached hydrogen (secondary N) is 1. The fourth-order valence-electron chi connectivity index (χ4n) is 3.39. The Balaban J connectivity index is 2.36. The SMILES string of the molecule is CCC(CC)C(CNC1CCC(OC)CC1)N(C)C. The van der Waals surface area contributed by atoms with Crippen molar-refractivity contribution in [1.82, 2.24) is 10.2 Å². The molecule has 3 heteroatoms. The van der Waals surface area contributed by atoms with Gasteiger partial charge in [-0.15, -0.1) is 0 Å². The van der Waals surface area contributed by atoms with Gasteiger partial charge >= 0.3 is 0 Å². The van der Waals surface area contributed by atoms with Gasteiger partial charge in [-0.05, 0) is 45.7 Å². The molecule has 1 fully saturated rings. The zero-order valence-corrected chi connectivity index (χ0v) is 13.6. The smallest absolute Gasteiger partial charge is 0.0572 e. The van der Waals surface area contributed by atoms with E-state index >= 15 is 0 Å². The highest BCUT2D eigenvalue weighted by Crippen LogP contribution is 2.22. The molecule has 1 saturated carbocycles. The first kappa shape index (κ1) is 16.9. The summed E-state index contributed by atoms with van der Waals surface area (Å²) in [6, 6.07) is 1.36. The van der Waals surface area contributed by atoms with E-state index in [1.165, 1.54) is 38.5 Å². The predicted octanol–water partition coefficient (Wildman–Crippen LogP) is 2.90. The van der Waals surface area contributed by atoms with E-state index in [0.29, 0.717) is 18.2 Å². The van der Waals surface area contributed by atoms with E-state index in [1.807, 2.05) is 7.11 Å². The van der Waals surface area contributed by atoms with Gasteiger partial charge in [-0.25, -0.2) is 0 Å². The van der Waals surface area contributed by atoms with Gasteiger partial charge in [-0.2, -0.15) is 0 Å². The lowest BCUT2D eigenvalue weighted by molar-refractivity contribution is 0.0609. The Hall–Kier alpha value is -0.120. The quantitative estimate of drug-likeness (QED) is 0.734. The fourth-order valence-corrected chi connectivity index (χ4v) is 3.39. The molecule has 0 bridgehead atoms. The topological polar surface area (TPSA) is 24.5 Å². The number of methoxy groups -OCH3 is 1. The van der Waals surface area contributed by atoms with Gasteiger partial charge in [0, 0.05) is 25.7 Å². The van der Waals surface area contributed by atoms with Crippen LogP contribution in [0.15, 0.2) is 0 Å². The number of likely N-dealkylation sites (N-methyl/N-ethyl adjacent to an activating group) is 1. The second-order valence-electron chi connectivity index (χ2n) is 6.23. The van der Waals surface area contributed by atoms with Crippen LogP contribution in [0.2, 0.25) is 0 Å². The van der Waals surface area contributed by atoms with Gasteiger partial charge in [0.05, 0.1) is 6.10 Å². The molecule has 0 aromatic rings. The molecule has 0 aliphatic heterocycles. The molecule has 3 nitrogen and oxygen atoms in total. The highest BCUT2D eigenvalue weighted by Gasteiger charge is 2.24. The van der Waals surface area contributed by atoms with Crippen LogP contribution in [-0.4, -0.2) is 50.8 Å². The summed E-state index contributed by atoms with van der Waals surface area (Å²) in [5, 5.41) is 3.80. The summed E-state index contributed by atoms with van der Waals surface area (Å²) >= 11 is 0. The molecular weight excluding hydrogens is 236 g/mol. The van der Waals surface area contributed by atoms with Crippen LogP contribution >= 0.6 is 0 Å². The molecular formula is C16H34N2O. The minimum Gasteiger partial charge on any atom is -0.381 e. The number of ether oxygens (including phenoxy) is 1. The largest absolute Gasteiger partial charge is 0.381 e. The van der Waals surface area contributed by atoms with E-state index in [4.69, 9.17) is 4.74 Å². The van der Waals surface area contributed by atoms with Gasteiger partial charge in [-0.1, -0.05) is 26.7 Å². The lowest BCUT2D eigenvalue weighted by Crippen LogP contribution is -2.47. The first-order chi connectivity index (χ1) is 9.12. The lowest BCUT2D eigenvalue weighted by Gasteiger charge is -2.35. The van der Waals surface area contributed by atoms with E-state index in [2.05, 4.69) is 38.2 Å². The number of hydrogen-bond acceptors (Lipinski definition) is 3. The monoisotopic (exact) mass is 270 g/mol. The van der Waals surface area contributed by atoms with Gasteiger partial charge in [0.15, 0.2) is 0 Å². The predicted molar refractivity (Wildman–Crippen MR) is 82.6 cm³/mol. The summed E-state index contributed by atoms with van der Waals surface area (Å²) in [6.07, 6.45) is 8.01. The first-order valence-electron chi connectivity index (χ1n) is 8.04. The fraction of sp³-hybridized carbons (Fsp3) is 1.00. The van der Waals surface area contributed by atoms with Gasteiger partial charge in [0.1, 0.15) is 0 Å². The van der Waals surface area contributed by atoms with Gasteiger partial charge in [-0.3, -0.25) is 0 Å². The Labute approximate surface area is 120 Å². The molecule has 1 aliphatic rings. The van der Waals surface area contributed by atoms with Crippen LogP contribution in [0.4, 0.5) is 0 Å². The highest BCUT2D eigenvalue weighted by molar-refractivity contribution is 4.82. The normalized spacial score (nSPS) is 26.1. The van der Waals surface area contributed by atoms with Crippen molar-refractivity contribution < 1.29 is 4.74 Å². The van der Waals surface area contributed by atoms with Gasteiger partial charge in [0.25, 0.3) is 0 Å². The lowest BCUT2D eigenvalue weighted by atomic mass is 9.90. The molecule has 1 atom stereocenters. The maximum absolute atomic E-state index is 5.44. The summed E-state index contributed by atoms with van der Waals surface area (Å²) in [4.78, 5) is 2.39. The maximum Gasteiger partial charge on any atom is 0.0572 e. The number of rotatable bonds is 8. The van der Waals surface area contributed by atoms with Crippen LogP contribution < -0.4 is 5.32 Å². The van der Waals surface area contributed by atoms with Crippen LogP contribution in [0.5, 0.6) is 0 Å². The van der Waals surface area contributed by atoms with Crippen LogP contribution in [0.1, 0.15) is 52.4 Å². The standard InChI is InChI=1S/C16H34N2O/c1-6-13(7-2)16(18(3)4)12-17-14-8-10-15(19-5)11-9-14/h13-17H,6-12H2,1-5H3. The van der Waals surface area contributed by atoms with E-state index in [1.54, 1.807) is 0 Å². The van der Waals surface area contributed by atoms with Crippen LogP contribution in [0, 0.1) is 5.92 Å². The number of nitrogens with zero attached hydrogens (tertiary/aromatic N) is 1. The van der Waals surface area contributed by atoms with Crippen LogP contribution in [-0.2, 0) is 4.74 Å². The van der Waals surface area contributed by atoms with Crippen LogP contribution in [0.3, 0.4) is 0 Å². The summed E-state index contributed by atoms with van der Waals surface area (Å²) in [7, 11) is 6.27. The van der Waals surface area contributed by atoms with Crippen molar-refractivity contribution in [2.45, 2.75) is 70.6 Å². The zero-order valence-electron chi connectivity index (χ0n) is 13.6. The summed E-state index contributed by atoms with van der Waals surface area (Å²) in [5.74, 6) is 0.804. The highest BCUT2D eigenvalue weighted by atomic mass is 16.5. The molecule has 0 spiro atoms. The summed E-state index contributed by atoms with van der Waals surface area (Å²) in [6.45, 7) is 5.75. The molecule has 0 amide bonds. The Kier molecular flexibility index (Phi) is 7.96. The van der Waals surface area contributed by atoms with E-state index in [-0.39, 0.29) is 0 Å². The third kappa shape index (κ3) is 5.41. The molecule has 0 radical (unpaired) electrons. The average Bonchev–Trinajstić information content (AvgIpc) is 2.43. The summed E-state index contributed by atoms with van der Waals surface area (Å²) in [5.41, 5.74) is 0. The maximum atomic E-state index is 5.44. The molecule has 1 N–H and O–H groups in total. The second kappa shape index (κ2) is 8.93. The molecule has 1 aliphatic carbocycles. The van der Waals surface area contributed by atoms with E-state index in [9.17, 15) is 0 Å². The minimum absolute atomic E-state index is 0.502.